The van der Waals surface area contributed by atoms with Gasteiger partial charge in [-0.15, -0.1) is 0 Å². The van der Waals surface area contributed by atoms with E-state index in [-0.39, 0.29) is 0 Å². The third kappa shape index (κ3) is 2.44. The number of hydrogen-bond acceptors (Lipinski definition) is 1. The second-order valence-corrected chi connectivity index (χ2v) is 7.88. The van der Waals surface area contributed by atoms with Gasteiger partial charge >= 0.3 is 0 Å². The van der Waals surface area contributed by atoms with Gasteiger partial charge in [-0.3, -0.25) is 0 Å². The van der Waals surface area contributed by atoms with Crippen molar-refractivity contribution in [3.63, 3.8) is 0 Å². The summed E-state index contributed by atoms with van der Waals surface area (Å²) in [7, 11) is -2.28. The van der Waals surface area contributed by atoms with Gasteiger partial charge in [-0.25, -0.2) is 0 Å². The highest BCUT2D eigenvalue weighted by atomic mass is 31.2. The topological polar surface area (TPSA) is 29.1 Å². The second-order valence-electron chi connectivity index (χ2n) is 4.61. The Morgan fingerprint density at radius 2 is 1.72 bits per heavy atom. The molecule has 2 rings (SSSR count). The molecule has 0 saturated carbocycles. The van der Waals surface area contributed by atoms with Crippen molar-refractivity contribution in [2.45, 2.75) is 20.8 Å². The van der Waals surface area contributed by atoms with Gasteiger partial charge in [-0.2, -0.15) is 0 Å². The van der Waals surface area contributed by atoms with E-state index >= 15 is 0 Å². The molecule has 0 fully saturated rings. The molecule has 0 aliphatic rings. The Morgan fingerprint density at radius 1 is 1.06 bits per heavy atom. The lowest BCUT2D eigenvalue weighted by atomic mass is 10.1. The fourth-order valence-corrected chi connectivity index (χ4v) is 3.58. The van der Waals surface area contributed by atoms with E-state index in [0.29, 0.717) is 12.3 Å². The Hall–Kier alpha value is -1.27. The highest BCUT2D eigenvalue weighted by Gasteiger charge is 2.18. The Balaban J connectivity index is 2.56. The van der Waals surface area contributed by atoms with Gasteiger partial charge in [0.05, 0.1) is 5.69 Å². The average Bonchev–Trinajstić information content (AvgIpc) is 2.42. The predicted octanol–water partition coefficient (Wildman–Crippen LogP) is 4.88. The van der Waals surface area contributed by atoms with Gasteiger partial charge in [0, 0.05) is 17.7 Å². The van der Waals surface area contributed by atoms with E-state index in [1.807, 2.05) is 26.0 Å². The molecule has 0 atom stereocenters. The predicted molar refractivity (Wildman–Crippen MR) is 81.0 cm³/mol. The molecule has 18 heavy (non-hydrogen) atoms. The van der Waals surface area contributed by atoms with Crippen molar-refractivity contribution < 1.29 is 4.57 Å². The molecular weight excluding hydrogens is 241 g/mol. The number of nitrogens with one attached hydrogen (secondary N) is 1. The lowest BCUT2D eigenvalue weighted by Crippen LogP contribution is -2.03. The van der Waals surface area contributed by atoms with Crippen molar-refractivity contribution in [3.8, 4) is 0 Å². The number of rotatable bonds is 4. The number of anilines is 1. The molecule has 2 nitrogen and oxygen atoms in total. The van der Waals surface area contributed by atoms with Crippen LogP contribution in [-0.4, -0.2) is 12.3 Å². The van der Waals surface area contributed by atoms with Crippen LogP contribution in [-0.2, 0) is 4.57 Å². The van der Waals surface area contributed by atoms with Gasteiger partial charge in [0.25, 0.3) is 0 Å². The van der Waals surface area contributed by atoms with Crippen LogP contribution < -0.4 is 5.09 Å². The Kier molecular flexibility index (Phi) is 3.77. The van der Waals surface area contributed by atoms with Gasteiger partial charge in [-0.1, -0.05) is 50.2 Å². The van der Waals surface area contributed by atoms with E-state index in [1.54, 1.807) is 0 Å². The normalized spacial score (nSPS) is 11.7. The number of aryl methyl sites for hydroxylation is 1. The van der Waals surface area contributed by atoms with Crippen LogP contribution in [0.2, 0.25) is 0 Å². The maximum atomic E-state index is 12.6. The molecule has 0 spiro atoms. The third-order valence-electron chi connectivity index (χ3n) is 3.47. The highest BCUT2D eigenvalue weighted by molar-refractivity contribution is 7.65. The maximum absolute atomic E-state index is 12.6. The van der Waals surface area contributed by atoms with Gasteiger partial charge < -0.3 is 9.65 Å². The quantitative estimate of drug-likeness (QED) is 0.795. The van der Waals surface area contributed by atoms with E-state index in [0.717, 1.165) is 16.6 Å². The van der Waals surface area contributed by atoms with Gasteiger partial charge in [-0.05, 0) is 17.9 Å². The minimum absolute atomic E-state index is 0.687. The van der Waals surface area contributed by atoms with Crippen molar-refractivity contribution in [1.29, 1.82) is 0 Å². The van der Waals surface area contributed by atoms with Crippen LogP contribution in [0.15, 0.2) is 36.4 Å². The lowest BCUT2D eigenvalue weighted by Gasteiger charge is -2.20. The molecule has 0 aliphatic heterocycles. The first-order chi connectivity index (χ1) is 8.59. The Morgan fingerprint density at radius 3 is 2.39 bits per heavy atom. The summed E-state index contributed by atoms with van der Waals surface area (Å²) in [5, 5.41) is 5.66. The molecule has 0 amide bonds. The molecule has 2 aromatic rings. The van der Waals surface area contributed by atoms with E-state index in [9.17, 15) is 4.57 Å². The van der Waals surface area contributed by atoms with Crippen LogP contribution in [0.5, 0.6) is 0 Å². The van der Waals surface area contributed by atoms with Crippen molar-refractivity contribution in [3.05, 3.63) is 42.0 Å². The van der Waals surface area contributed by atoms with Crippen molar-refractivity contribution in [1.82, 2.24) is 0 Å². The third-order valence-corrected chi connectivity index (χ3v) is 6.15. The molecule has 0 heterocycles. The first kappa shape index (κ1) is 13.2. The largest absolute Gasteiger partial charge is 0.335 e. The molecule has 0 bridgehead atoms. The van der Waals surface area contributed by atoms with E-state index in [1.165, 1.54) is 5.39 Å². The zero-order valence-electron chi connectivity index (χ0n) is 11.2. The fraction of sp³-hybridized carbons (Fsp3) is 0.333. The van der Waals surface area contributed by atoms with Crippen molar-refractivity contribution in [2.75, 3.05) is 17.4 Å². The molecule has 2 aromatic carbocycles. The van der Waals surface area contributed by atoms with Crippen LogP contribution in [0.3, 0.4) is 0 Å². The smallest absolute Gasteiger partial charge is 0.169 e. The molecular formula is C15H20NOP. The minimum atomic E-state index is -2.28. The first-order valence-corrected chi connectivity index (χ1v) is 8.52. The lowest BCUT2D eigenvalue weighted by molar-refractivity contribution is 0.579. The maximum Gasteiger partial charge on any atom is 0.169 e. The first-order valence-electron chi connectivity index (χ1n) is 6.44. The summed E-state index contributed by atoms with van der Waals surface area (Å²) in [5.74, 6) is 0. The van der Waals surface area contributed by atoms with Gasteiger partial charge in [0.15, 0.2) is 7.29 Å². The minimum Gasteiger partial charge on any atom is -0.335 e. The van der Waals surface area contributed by atoms with Crippen LogP contribution in [0.1, 0.15) is 19.4 Å². The van der Waals surface area contributed by atoms with Crippen LogP contribution in [0, 0.1) is 6.92 Å². The molecule has 1 N–H and O–H groups in total. The van der Waals surface area contributed by atoms with Gasteiger partial charge in [0.2, 0.25) is 0 Å². The molecule has 0 saturated heterocycles. The summed E-state index contributed by atoms with van der Waals surface area (Å²) in [5.41, 5.74) is 2.18. The molecule has 0 unspecified atom stereocenters. The van der Waals surface area contributed by atoms with Gasteiger partial charge in [0.1, 0.15) is 0 Å². The average molecular weight is 261 g/mol. The summed E-state index contributed by atoms with van der Waals surface area (Å²) in [6.45, 7) is 6.03. The zero-order valence-corrected chi connectivity index (χ0v) is 12.1. The summed E-state index contributed by atoms with van der Waals surface area (Å²) in [4.78, 5) is 0. The zero-order chi connectivity index (χ0) is 13.2. The van der Waals surface area contributed by atoms with Crippen LogP contribution in [0.4, 0.5) is 5.69 Å². The van der Waals surface area contributed by atoms with E-state index in [2.05, 4.69) is 36.3 Å². The van der Waals surface area contributed by atoms with E-state index in [4.69, 9.17) is 0 Å². The monoisotopic (exact) mass is 261 g/mol. The van der Waals surface area contributed by atoms with Crippen molar-refractivity contribution in [2.24, 2.45) is 0 Å². The fourth-order valence-electron chi connectivity index (χ4n) is 2.11. The molecule has 0 aliphatic carbocycles. The standard InChI is InChI=1S/C15H20NOP/c1-4-18(17,5-2)16-15-12(3)10-11-13-8-6-7-9-14(13)15/h6-11H,4-5H2,1-3H3,(H,16,17). The number of benzene rings is 2. The number of fused-ring (bicyclic) bond motifs is 1. The Bertz CT molecular complexity index is 598. The summed E-state index contributed by atoms with van der Waals surface area (Å²) < 4.78 is 12.6. The summed E-state index contributed by atoms with van der Waals surface area (Å²) >= 11 is 0. The van der Waals surface area contributed by atoms with Crippen LogP contribution in [0.25, 0.3) is 10.8 Å². The summed E-state index contributed by atoms with van der Waals surface area (Å²) in [6, 6.07) is 12.4. The molecule has 3 heteroatoms. The van der Waals surface area contributed by atoms with Crippen LogP contribution >= 0.6 is 7.29 Å². The molecule has 0 aromatic heterocycles. The number of hydrogen-bond donors (Lipinski definition) is 1. The van der Waals surface area contributed by atoms with Crippen molar-refractivity contribution >= 4 is 23.8 Å². The summed E-state index contributed by atoms with van der Waals surface area (Å²) in [6.07, 6.45) is 1.37. The SMILES string of the molecule is CCP(=O)(CC)Nc1c(C)ccc2ccccc12. The highest BCUT2D eigenvalue weighted by Crippen LogP contribution is 2.46. The molecule has 96 valence electrons. The molecule has 0 radical (unpaired) electrons. The van der Waals surface area contributed by atoms with E-state index < -0.39 is 7.29 Å². The second kappa shape index (κ2) is 5.16. The Labute approximate surface area is 109 Å².